The van der Waals surface area contributed by atoms with Gasteiger partial charge in [-0.2, -0.15) is 0 Å². The number of carbonyl (C=O) groups is 1. The molecular formula is C15H21ArNO3. The van der Waals surface area contributed by atoms with Crippen molar-refractivity contribution in [2.75, 3.05) is 19.7 Å². The Labute approximate surface area is 150 Å². The molecule has 20 heavy (non-hydrogen) atoms. The summed E-state index contributed by atoms with van der Waals surface area (Å²) < 4.78 is 5.77. The van der Waals surface area contributed by atoms with Gasteiger partial charge in [-0.15, -0.1) is 0 Å². The normalized spacial score (nSPS) is 18.6. The molecule has 0 spiro atoms. The van der Waals surface area contributed by atoms with Crippen LogP contribution in [0.4, 0.5) is 0 Å². The molecule has 1 N–H and O–H groups in total. The molecule has 0 radical (unpaired) electrons. The zero-order valence-corrected chi connectivity index (χ0v) is 12.4. The molecule has 1 aromatic carbocycles. The van der Waals surface area contributed by atoms with Crippen molar-refractivity contribution in [2.24, 2.45) is 0 Å². The molecule has 0 aliphatic carbocycles. The maximum absolute atomic E-state index is 10.8. The minimum atomic E-state index is -0.765. The number of aryl methyl sites for hydroxylation is 1. The first-order chi connectivity index (χ1) is 9.19. The van der Waals surface area contributed by atoms with Crippen LogP contribution in [0.3, 0.4) is 0 Å². The first-order valence-electron chi connectivity index (χ1n) is 6.86. The molecule has 1 saturated heterocycles. The summed E-state index contributed by atoms with van der Waals surface area (Å²) in [5.41, 5.74) is 1.29. The van der Waals surface area contributed by atoms with Crippen molar-refractivity contribution in [1.82, 2.24) is 4.90 Å². The summed E-state index contributed by atoms with van der Waals surface area (Å²) >= 11 is 0. The van der Waals surface area contributed by atoms with Crippen LogP contribution in [0.25, 0.3) is 0 Å². The van der Waals surface area contributed by atoms with E-state index in [9.17, 15) is 4.79 Å². The number of benzene rings is 1. The van der Waals surface area contributed by atoms with Crippen LogP contribution >= 0.6 is 0 Å². The van der Waals surface area contributed by atoms with Crippen molar-refractivity contribution in [3.63, 3.8) is 0 Å². The predicted molar refractivity (Wildman–Crippen MR) is 73.5 cm³/mol. The molecule has 1 heterocycles. The summed E-state index contributed by atoms with van der Waals surface area (Å²) in [6, 6.07) is 8.32. The quantitative estimate of drug-likeness (QED) is 0.875. The monoisotopic (exact) mass is 303 g/mol. The molecule has 0 amide bonds. The standard InChI is InChI=1S/C15H21NO3.Ar/c1-2-12-5-7-14(8-6-12)19-11-13-4-3-9-16(13)10-15(17)18;/h5-8,13H,2-4,9-11H2,1H3,(H,17,18);. The van der Waals surface area contributed by atoms with E-state index in [-0.39, 0.29) is 50.3 Å². The Morgan fingerprint density at radius 3 is 2.70 bits per heavy atom. The zero-order valence-electron chi connectivity index (χ0n) is 11.7. The van der Waals surface area contributed by atoms with E-state index in [1.54, 1.807) is 0 Å². The van der Waals surface area contributed by atoms with Crippen LogP contribution in [0.1, 0.15) is 25.3 Å². The second-order valence-electron chi connectivity index (χ2n) is 4.97. The molecule has 1 unspecified atom stereocenters. The Hall–Kier alpha value is -0.290. The Kier molecular flexibility index (Phi) is 7.88. The summed E-state index contributed by atoms with van der Waals surface area (Å²) in [7, 11) is 0. The Morgan fingerprint density at radius 1 is 1.40 bits per heavy atom. The fourth-order valence-corrected chi connectivity index (χ4v) is 2.48. The van der Waals surface area contributed by atoms with Crippen molar-refractivity contribution in [3.05, 3.63) is 29.8 Å². The zero-order chi connectivity index (χ0) is 13.7. The number of carboxylic acids is 1. The molecule has 0 saturated carbocycles. The number of nitrogens with zero attached hydrogens (tertiary/aromatic N) is 1. The number of ether oxygens (including phenoxy) is 1. The molecule has 2 rings (SSSR count). The van der Waals surface area contributed by atoms with Gasteiger partial charge in [0.1, 0.15) is 12.4 Å². The van der Waals surface area contributed by atoms with Gasteiger partial charge >= 0.3 is 5.97 Å². The molecule has 4 nitrogen and oxygen atoms in total. The van der Waals surface area contributed by atoms with Crippen LogP contribution in [0.15, 0.2) is 24.3 Å². The minimum absolute atomic E-state index is 0. The number of hydrogen-bond acceptors (Lipinski definition) is 3. The first kappa shape index (κ1) is 17.8. The van der Waals surface area contributed by atoms with E-state index < -0.39 is 5.97 Å². The Balaban J connectivity index is 0.00000200. The predicted octanol–water partition coefficient (Wildman–Crippen LogP) is 2.18. The third-order valence-corrected chi connectivity index (χ3v) is 3.61. The molecule has 112 valence electrons. The minimum Gasteiger partial charge on any atom is -0.492 e. The maximum atomic E-state index is 10.8. The third kappa shape index (κ3) is 5.24. The van der Waals surface area contributed by atoms with Gasteiger partial charge in [-0.05, 0) is 43.5 Å². The van der Waals surface area contributed by atoms with Crippen LogP contribution in [-0.4, -0.2) is 41.7 Å². The molecule has 1 fully saturated rings. The van der Waals surface area contributed by atoms with Gasteiger partial charge in [0.05, 0.1) is 6.54 Å². The number of carboxylic acid groups (broad SMARTS) is 1. The number of aliphatic carboxylic acids is 1. The van der Waals surface area contributed by atoms with E-state index in [4.69, 9.17) is 9.84 Å². The summed E-state index contributed by atoms with van der Waals surface area (Å²) in [6.07, 6.45) is 3.09. The van der Waals surface area contributed by atoms with E-state index >= 15 is 0 Å². The summed E-state index contributed by atoms with van der Waals surface area (Å²) in [5, 5.41) is 8.85. The number of hydrogen-bond donors (Lipinski definition) is 1. The van der Waals surface area contributed by atoms with E-state index in [0.29, 0.717) is 6.61 Å². The van der Waals surface area contributed by atoms with E-state index in [1.165, 1.54) is 5.56 Å². The van der Waals surface area contributed by atoms with Crippen molar-refractivity contribution < 1.29 is 52.4 Å². The average molecular weight is 303 g/mol. The first-order valence-corrected chi connectivity index (χ1v) is 6.86. The molecule has 0 bridgehead atoms. The van der Waals surface area contributed by atoms with Crippen molar-refractivity contribution in [3.8, 4) is 5.75 Å². The fraction of sp³-hybridized carbons (Fsp3) is 0.533. The third-order valence-electron chi connectivity index (χ3n) is 3.61. The van der Waals surface area contributed by atoms with Gasteiger partial charge in [0.15, 0.2) is 0 Å². The van der Waals surface area contributed by atoms with E-state index in [0.717, 1.165) is 31.6 Å². The Bertz CT molecular complexity index is 422. The van der Waals surface area contributed by atoms with Crippen molar-refractivity contribution >= 4 is 5.97 Å². The summed E-state index contributed by atoms with van der Waals surface area (Å²) in [6.45, 7) is 3.66. The van der Waals surface area contributed by atoms with E-state index in [1.807, 2.05) is 17.0 Å². The van der Waals surface area contributed by atoms with Gasteiger partial charge in [-0.25, -0.2) is 0 Å². The van der Waals surface area contributed by atoms with Gasteiger partial charge in [0.2, 0.25) is 0 Å². The molecule has 1 aromatic rings. The summed E-state index contributed by atoms with van der Waals surface area (Å²) in [4.78, 5) is 12.8. The second-order valence-corrected chi connectivity index (χ2v) is 4.97. The van der Waals surface area contributed by atoms with Crippen LogP contribution < -0.4 is 4.74 Å². The van der Waals surface area contributed by atoms with Gasteiger partial charge < -0.3 is 9.84 Å². The Morgan fingerprint density at radius 2 is 2.10 bits per heavy atom. The molecular weight excluding hydrogens is 282 g/mol. The van der Waals surface area contributed by atoms with Crippen molar-refractivity contribution in [1.29, 1.82) is 0 Å². The maximum Gasteiger partial charge on any atom is 0.317 e. The second kappa shape index (κ2) is 8.88. The van der Waals surface area contributed by atoms with Crippen molar-refractivity contribution in [2.45, 2.75) is 32.2 Å². The molecule has 1 aliphatic rings. The van der Waals surface area contributed by atoms with Gasteiger partial charge in [0, 0.05) is 43.8 Å². The molecule has 1 aliphatic heterocycles. The topological polar surface area (TPSA) is 49.8 Å². The average Bonchev–Trinajstić information content (AvgIpc) is 2.83. The van der Waals surface area contributed by atoms with Gasteiger partial charge in [-0.1, -0.05) is 19.1 Å². The smallest absolute Gasteiger partial charge is 0.317 e. The molecule has 1 atom stereocenters. The largest absolute Gasteiger partial charge is 0.492 e. The van der Waals surface area contributed by atoms with Gasteiger partial charge in [0.25, 0.3) is 0 Å². The SMILES string of the molecule is CCc1ccc(OCC2CCCN2CC(=O)O)cc1.[Ar]. The number of rotatable bonds is 6. The van der Waals surface area contributed by atoms with Crippen LogP contribution in [0, 0.1) is 37.7 Å². The van der Waals surface area contributed by atoms with Gasteiger partial charge in [-0.3, -0.25) is 9.69 Å². The van der Waals surface area contributed by atoms with Crippen LogP contribution in [0.5, 0.6) is 5.75 Å². The fourth-order valence-electron chi connectivity index (χ4n) is 2.48. The van der Waals surface area contributed by atoms with Crippen LogP contribution in [-0.2, 0) is 11.2 Å². The van der Waals surface area contributed by atoms with Crippen LogP contribution in [0.2, 0.25) is 0 Å². The number of likely N-dealkylation sites (tertiary alicyclic amines) is 1. The summed E-state index contributed by atoms with van der Waals surface area (Å²) in [5.74, 6) is 0.0959. The van der Waals surface area contributed by atoms with E-state index in [2.05, 4.69) is 19.1 Å². The molecule has 0 aromatic heterocycles. The molecule has 5 heteroatoms.